The summed E-state index contributed by atoms with van der Waals surface area (Å²) in [5.41, 5.74) is 0. The maximum Gasteiger partial charge on any atom is 0.320 e. The van der Waals surface area contributed by atoms with Crippen LogP contribution in [0.15, 0.2) is 5.38 Å². The van der Waals surface area contributed by atoms with Crippen LogP contribution in [-0.4, -0.2) is 21.7 Å². The van der Waals surface area contributed by atoms with Crippen molar-refractivity contribution in [1.29, 1.82) is 0 Å². The fourth-order valence-corrected chi connectivity index (χ4v) is 1.17. The molecule has 0 bridgehead atoms. The summed E-state index contributed by atoms with van der Waals surface area (Å²) in [5, 5.41) is 10.7. The Balaban J connectivity index is 1.82. The van der Waals surface area contributed by atoms with Gasteiger partial charge in [0.15, 0.2) is 5.82 Å². The predicted molar refractivity (Wildman–Crippen MR) is 45.1 cm³/mol. The van der Waals surface area contributed by atoms with Gasteiger partial charge in [-0.25, -0.2) is 4.79 Å². The molecule has 1 aromatic rings. The minimum absolute atomic E-state index is 0.190. The lowest BCUT2D eigenvalue weighted by Gasteiger charge is -2.01. The van der Waals surface area contributed by atoms with Crippen LogP contribution in [-0.2, 0) is 0 Å². The van der Waals surface area contributed by atoms with Gasteiger partial charge in [-0.15, -0.1) is 5.10 Å². The first-order valence-electron chi connectivity index (χ1n) is 3.69. The van der Waals surface area contributed by atoms with Gasteiger partial charge in [0, 0.05) is 6.04 Å². The highest BCUT2D eigenvalue weighted by Gasteiger charge is 2.23. The van der Waals surface area contributed by atoms with Gasteiger partial charge in [0.1, 0.15) is 0 Å². The van der Waals surface area contributed by atoms with Crippen LogP contribution in [0.2, 0.25) is 0 Å². The molecule has 6 heteroatoms. The highest BCUT2D eigenvalue weighted by atomic mass is 32.1. The first-order chi connectivity index (χ1) is 5.84. The van der Waals surface area contributed by atoms with Crippen molar-refractivity contribution in [3.63, 3.8) is 0 Å². The monoisotopic (exact) mass is 184 g/mol. The van der Waals surface area contributed by atoms with Crippen LogP contribution < -0.4 is 10.6 Å². The molecule has 1 aliphatic rings. The molecule has 0 aliphatic heterocycles. The van der Waals surface area contributed by atoms with Crippen LogP contribution >= 0.6 is 11.5 Å². The van der Waals surface area contributed by atoms with Gasteiger partial charge in [-0.05, 0) is 24.4 Å². The molecule has 2 N–H and O–H groups in total. The summed E-state index contributed by atoms with van der Waals surface area (Å²) < 4.78 is 3.62. The van der Waals surface area contributed by atoms with Crippen molar-refractivity contribution in [3.8, 4) is 0 Å². The lowest BCUT2D eigenvalue weighted by molar-refractivity contribution is 0.251. The Morgan fingerprint density at radius 3 is 3.08 bits per heavy atom. The zero-order valence-electron chi connectivity index (χ0n) is 6.28. The number of hydrogen-bond donors (Lipinski definition) is 2. The first-order valence-corrected chi connectivity index (χ1v) is 4.53. The normalized spacial score (nSPS) is 15.7. The second-order valence-electron chi connectivity index (χ2n) is 2.66. The molecule has 5 nitrogen and oxygen atoms in total. The Morgan fingerprint density at radius 1 is 1.67 bits per heavy atom. The van der Waals surface area contributed by atoms with Crippen LogP contribution in [0, 0.1) is 0 Å². The smallest absolute Gasteiger partial charge is 0.320 e. The lowest BCUT2D eigenvalue weighted by atomic mass is 10.7. The fraction of sp³-hybridized carbons (Fsp3) is 0.500. The average molecular weight is 184 g/mol. The molecule has 0 aromatic carbocycles. The number of urea groups is 1. The summed E-state index contributed by atoms with van der Waals surface area (Å²) in [5.74, 6) is 0.512. The van der Waals surface area contributed by atoms with Crippen molar-refractivity contribution in [2.45, 2.75) is 18.9 Å². The van der Waals surface area contributed by atoms with Crippen molar-refractivity contribution in [3.05, 3.63) is 5.38 Å². The standard InChI is InChI=1S/C6H8N4OS/c11-6(7-4-1-2-4)8-5-3-12-10-9-5/h3-4H,1-2H2,(H2,7,8,11). The van der Waals surface area contributed by atoms with E-state index in [1.54, 1.807) is 5.38 Å². The van der Waals surface area contributed by atoms with E-state index in [0.717, 1.165) is 12.8 Å². The third kappa shape index (κ3) is 1.91. The van der Waals surface area contributed by atoms with Crippen molar-refractivity contribution >= 4 is 23.4 Å². The van der Waals surface area contributed by atoms with E-state index in [1.165, 1.54) is 11.5 Å². The summed E-state index contributed by atoms with van der Waals surface area (Å²) in [6, 6.07) is 0.182. The molecule has 0 spiro atoms. The van der Waals surface area contributed by atoms with Gasteiger partial charge in [-0.2, -0.15) is 0 Å². The molecule has 2 rings (SSSR count). The van der Waals surface area contributed by atoms with E-state index in [2.05, 4.69) is 20.2 Å². The Morgan fingerprint density at radius 2 is 2.50 bits per heavy atom. The number of nitrogens with zero attached hydrogens (tertiary/aromatic N) is 2. The van der Waals surface area contributed by atoms with Crippen LogP contribution in [0.4, 0.5) is 10.6 Å². The van der Waals surface area contributed by atoms with E-state index in [1.807, 2.05) is 0 Å². The number of hydrogen-bond acceptors (Lipinski definition) is 4. The number of aromatic nitrogens is 2. The number of amides is 2. The number of carbonyl (C=O) groups is 1. The number of rotatable bonds is 2. The number of nitrogens with one attached hydrogen (secondary N) is 2. The summed E-state index contributed by atoms with van der Waals surface area (Å²) in [6.07, 6.45) is 2.17. The van der Waals surface area contributed by atoms with Gasteiger partial charge in [0.2, 0.25) is 0 Å². The summed E-state index contributed by atoms with van der Waals surface area (Å²) in [7, 11) is 0. The predicted octanol–water partition coefficient (Wildman–Crippen LogP) is 0.822. The quantitative estimate of drug-likeness (QED) is 0.715. The third-order valence-electron chi connectivity index (χ3n) is 1.51. The molecule has 0 unspecified atom stereocenters. The summed E-state index contributed by atoms with van der Waals surface area (Å²) in [4.78, 5) is 11.1. The topological polar surface area (TPSA) is 66.9 Å². The second kappa shape index (κ2) is 3.06. The maximum absolute atomic E-state index is 11.1. The Bertz CT molecular complexity index is 269. The maximum atomic E-state index is 11.1. The van der Waals surface area contributed by atoms with E-state index in [4.69, 9.17) is 0 Å². The van der Waals surface area contributed by atoms with Gasteiger partial charge in [-0.1, -0.05) is 4.49 Å². The highest BCUT2D eigenvalue weighted by molar-refractivity contribution is 7.03. The largest absolute Gasteiger partial charge is 0.335 e. The van der Waals surface area contributed by atoms with E-state index in [9.17, 15) is 4.79 Å². The minimum Gasteiger partial charge on any atom is -0.335 e. The Labute approximate surface area is 73.3 Å². The molecule has 12 heavy (non-hydrogen) atoms. The second-order valence-corrected chi connectivity index (χ2v) is 3.27. The molecule has 1 heterocycles. The van der Waals surface area contributed by atoms with Gasteiger partial charge < -0.3 is 5.32 Å². The van der Waals surface area contributed by atoms with Gasteiger partial charge in [-0.3, -0.25) is 5.32 Å². The van der Waals surface area contributed by atoms with E-state index in [-0.39, 0.29) is 6.03 Å². The van der Waals surface area contributed by atoms with Crippen molar-refractivity contribution < 1.29 is 4.79 Å². The van der Waals surface area contributed by atoms with Crippen LogP contribution in [0.25, 0.3) is 0 Å². The summed E-state index contributed by atoms with van der Waals surface area (Å²) in [6.45, 7) is 0. The first kappa shape index (κ1) is 7.48. The number of anilines is 1. The van der Waals surface area contributed by atoms with Gasteiger partial charge in [0.25, 0.3) is 0 Å². The molecule has 64 valence electrons. The van der Waals surface area contributed by atoms with Gasteiger partial charge in [0.05, 0.1) is 5.38 Å². The van der Waals surface area contributed by atoms with Crippen molar-refractivity contribution in [2.24, 2.45) is 0 Å². The molecule has 1 aromatic heterocycles. The molecule has 1 fully saturated rings. The Kier molecular flexibility index (Phi) is 1.91. The zero-order valence-corrected chi connectivity index (χ0v) is 7.10. The molecule has 0 atom stereocenters. The highest BCUT2D eigenvalue weighted by Crippen LogP contribution is 2.18. The fourth-order valence-electron chi connectivity index (χ4n) is 0.785. The van der Waals surface area contributed by atoms with Crippen LogP contribution in [0.5, 0.6) is 0 Å². The van der Waals surface area contributed by atoms with Crippen LogP contribution in [0.1, 0.15) is 12.8 Å². The molecular weight excluding hydrogens is 176 g/mol. The molecule has 0 saturated heterocycles. The summed E-state index contributed by atoms with van der Waals surface area (Å²) >= 11 is 1.21. The lowest BCUT2D eigenvalue weighted by Crippen LogP contribution is -2.30. The molecule has 2 amide bonds. The van der Waals surface area contributed by atoms with E-state index in [0.29, 0.717) is 11.9 Å². The van der Waals surface area contributed by atoms with Crippen molar-refractivity contribution in [2.75, 3.05) is 5.32 Å². The van der Waals surface area contributed by atoms with E-state index >= 15 is 0 Å². The third-order valence-corrected chi connectivity index (χ3v) is 2.02. The van der Waals surface area contributed by atoms with Gasteiger partial charge >= 0.3 is 6.03 Å². The molecule has 1 aliphatic carbocycles. The molecule has 1 saturated carbocycles. The minimum atomic E-state index is -0.190. The molecular formula is C6H8N4OS. The zero-order chi connectivity index (χ0) is 8.39. The van der Waals surface area contributed by atoms with Crippen LogP contribution in [0.3, 0.4) is 0 Å². The van der Waals surface area contributed by atoms with E-state index < -0.39 is 0 Å². The Hall–Kier alpha value is -1.17. The van der Waals surface area contributed by atoms with Crippen molar-refractivity contribution in [1.82, 2.24) is 14.9 Å². The SMILES string of the molecule is O=C(Nc1csnn1)NC1CC1. The average Bonchev–Trinajstić information content (AvgIpc) is 2.66. The molecule has 0 radical (unpaired) electrons. The number of carbonyl (C=O) groups excluding carboxylic acids is 1.